The molecule has 0 radical (unpaired) electrons. The van der Waals surface area contributed by atoms with Crippen LogP contribution in [0.2, 0.25) is 0 Å². The lowest BCUT2D eigenvalue weighted by atomic mass is 10.2. The Balaban J connectivity index is 2.23. The summed E-state index contributed by atoms with van der Waals surface area (Å²) in [6.45, 7) is 4.05. The van der Waals surface area contributed by atoms with Crippen LogP contribution in [0.15, 0.2) is 4.99 Å². The molecule has 0 saturated heterocycles. The summed E-state index contributed by atoms with van der Waals surface area (Å²) >= 11 is 0. The van der Waals surface area contributed by atoms with Gasteiger partial charge in [-0.25, -0.2) is 0 Å². The van der Waals surface area contributed by atoms with E-state index in [4.69, 9.17) is 0 Å². The quantitative estimate of drug-likeness (QED) is 0.561. The first kappa shape index (κ1) is 5.76. The zero-order valence-corrected chi connectivity index (χ0v) is 5.28. The van der Waals surface area contributed by atoms with Gasteiger partial charge in [0.25, 0.3) is 0 Å². The molecule has 0 aromatic heterocycles. The van der Waals surface area contributed by atoms with Gasteiger partial charge in [0, 0.05) is 12.3 Å². The van der Waals surface area contributed by atoms with Crippen molar-refractivity contribution in [2.45, 2.75) is 19.8 Å². The topological polar surface area (TPSA) is 24.4 Å². The Hall–Kier alpha value is -0.370. The summed E-state index contributed by atoms with van der Waals surface area (Å²) in [6, 6.07) is 0. The highest BCUT2D eigenvalue weighted by molar-refractivity contribution is 5.87. The van der Waals surface area contributed by atoms with Crippen LogP contribution in [-0.2, 0) is 0 Å². The third-order valence-corrected chi connectivity index (χ3v) is 1.28. The molecular formula is C6H12N2. The van der Waals surface area contributed by atoms with Crippen LogP contribution >= 0.6 is 0 Å². The number of nitrogens with zero attached hydrogens (tertiary/aromatic N) is 1. The number of nitrogens with one attached hydrogen (secondary N) is 1. The molecule has 1 heterocycles. The van der Waals surface area contributed by atoms with Gasteiger partial charge in [0.05, 0.1) is 6.67 Å². The van der Waals surface area contributed by atoms with E-state index in [1.165, 1.54) is 18.6 Å². The van der Waals surface area contributed by atoms with Gasteiger partial charge < -0.3 is 0 Å². The minimum absolute atomic E-state index is 0.843. The zero-order chi connectivity index (χ0) is 5.82. The zero-order valence-electron chi connectivity index (χ0n) is 5.28. The molecule has 0 aromatic rings. The van der Waals surface area contributed by atoms with Crippen LogP contribution in [0.1, 0.15) is 19.8 Å². The summed E-state index contributed by atoms with van der Waals surface area (Å²) < 4.78 is 0. The Morgan fingerprint density at radius 1 is 1.75 bits per heavy atom. The SMILES string of the molecule is CCCC1=NCNC1. The lowest BCUT2D eigenvalue weighted by Gasteiger charge is -1.91. The lowest BCUT2D eigenvalue weighted by molar-refractivity contribution is 0.847. The van der Waals surface area contributed by atoms with Crippen molar-refractivity contribution in [3.05, 3.63) is 0 Å². The molecule has 2 heteroatoms. The number of rotatable bonds is 2. The summed E-state index contributed by atoms with van der Waals surface area (Å²) in [4.78, 5) is 4.23. The largest absolute Gasteiger partial charge is 0.293 e. The molecular weight excluding hydrogens is 100 g/mol. The molecule has 0 fully saturated rings. The fraction of sp³-hybridized carbons (Fsp3) is 0.833. The second kappa shape index (κ2) is 2.82. The van der Waals surface area contributed by atoms with Crippen molar-refractivity contribution in [3.63, 3.8) is 0 Å². The first-order valence-electron chi connectivity index (χ1n) is 3.16. The third-order valence-electron chi connectivity index (χ3n) is 1.28. The van der Waals surface area contributed by atoms with E-state index >= 15 is 0 Å². The Morgan fingerprint density at radius 2 is 2.62 bits per heavy atom. The first-order valence-corrected chi connectivity index (χ1v) is 3.16. The van der Waals surface area contributed by atoms with Crippen molar-refractivity contribution in [1.29, 1.82) is 0 Å². The van der Waals surface area contributed by atoms with Gasteiger partial charge in [-0.3, -0.25) is 10.3 Å². The van der Waals surface area contributed by atoms with E-state index in [9.17, 15) is 0 Å². The van der Waals surface area contributed by atoms with Gasteiger partial charge >= 0.3 is 0 Å². The van der Waals surface area contributed by atoms with E-state index in [1.807, 2.05) is 0 Å². The second-order valence-corrected chi connectivity index (χ2v) is 2.06. The smallest absolute Gasteiger partial charge is 0.0887 e. The monoisotopic (exact) mass is 112 g/mol. The maximum absolute atomic E-state index is 4.23. The highest BCUT2D eigenvalue weighted by atomic mass is 15.1. The molecule has 1 aliphatic rings. The lowest BCUT2D eigenvalue weighted by Crippen LogP contribution is -2.12. The molecule has 0 spiro atoms. The molecule has 0 aromatic carbocycles. The molecule has 0 bridgehead atoms. The summed E-state index contributed by atoms with van der Waals surface area (Å²) in [7, 11) is 0. The van der Waals surface area contributed by atoms with Gasteiger partial charge in [0.1, 0.15) is 0 Å². The average Bonchev–Trinajstić information content (AvgIpc) is 2.19. The van der Waals surface area contributed by atoms with Gasteiger partial charge in [-0.1, -0.05) is 13.3 Å². The molecule has 1 rings (SSSR count). The van der Waals surface area contributed by atoms with Crippen molar-refractivity contribution in [1.82, 2.24) is 5.32 Å². The molecule has 1 N–H and O–H groups in total. The Bertz CT molecular complexity index is 96.7. The van der Waals surface area contributed by atoms with Crippen LogP contribution < -0.4 is 5.32 Å². The fourth-order valence-electron chi connectivity index (χ4n) is 0.880. The molecule has 46 valence electrons. The van der Waals surface area contributed by atoms with Crippen LogP contribution in [0.5, 0.6) is 0 Å². The minimum Gasteiger partial charge on any atom is -0.293 e. The van der Waals surface area contributed by atoms with Gasteiger partial charge in [0.2, 0.25) is 0 Å². The summed E-state index contributed by atoms with van der Waals surface area (Å²) in [5.41, 5.74) is 1.34. The van der Waals surface area contributed by atoms with E-state index < -0.39 is 0 Å². The molecule has 0 aliphatic carbocycles. The standard InChI is InChI=1S/C6H12N2/c1-2-3-6-4-7-5-8-6/h7H,2-5H2,1H3. The summed E-state index contributed by atoms with van der Waals surface area (Å²) in [5, 5.41) is 3.15. The van der Waals surface area contributed by atoms with Gasteiger partial charge in [-0.05, 0) is 6.42 Å². The number of hydrogen-bond donors (Lipinski definition) is 1. The molecule has 8 heavy (non-hydrogen) atoms. The average molecular weight is 112 g/mol. The maximum Gasteiger partial charge on any atom is 0.0887 e. The van der Waals surface area contributed by atoms with Crippen molar-refractivity contribution in [3.8, 4) is 0 Å². The van der Waals surface area contributed by atoms with Crippen molar-refractivity contribution >= 4 is 5.71 Å². The molecule has 0 saturated carbocycles. The predicted molar refractivity (Wildman–Crippen MR) is 35.2 cm³/mol. The molecule has 0 unspecified atom stereocenters. The van der Waals surface area contributed by atoms with E-state index in [2.05, 4.69) is 17.2 Å². The normalized spacial score (nSPS) is 18.9. The summed E-state index contributed by atoms with van der Waals surface area (Å²) in [5.74, 6) is 0. The van der Waals surface area contributed by atoms with E-state index in [-0.39, 0.29) is 0 Å². The van der Waals surface area contributed by atoms with Crippen molar-refractivity contribution < 1.29 is 0 Å². The van der Waals surface area contributed by atoms with Crippen molar-refractivity contribution in [2.75, 3.05) is 13.2 Å². The van der Waals surface area contributed by atoms with Crippen LogP contribution in [0.25, 0.3) is 0 Å². The van der Waals surface area contributed by atoms with Gasteiger partial charge in [0.15, 0.2) is 0 Å². The molecule has 0 amide bonds. The minimum atomic E-state index is 0.843. The highest BCUT2D eigenvalue weighted by Gasteiger charge is 2.01. The highest BCUT2D eigenvalue weighted by Crippen LogP contribution is 1.94. The second-order valence-electron chi connectivity index (χ2n) is 2.06. The Morgan fingerprint density at radius 3 is 3.12 bits per heavy atom. The Labute approximate surface area is 50.0 Å². The number of aliphatic imine (C=N–C) groups is 1. The van der Waals surface area contributed by atoms with Crippen LogP contribution in [0.3, 0.4) is 0 Å². The van der Waals surface area contributed by atoms with E-state index in [0.29, 0.717) is 0 Å². The molecule has 2 nitrogen and oxygen atoms in total. The van der Waals surface area contributed by atoms with E-state index in [0.717, 1.165) is 13.2 Å². The van der Waals surface area contributed by atoms with Gasteiger partial charge in [-0.15, -0.1) is 0 Å². The maximum atomic E-state index is 4.23. The predicted octanol–water partition coefficient (Wildman–Crippen LogP) is 0.788. The van der Waals surface area contributed by atoms with Crippen LogP contribution in [0, 0.1) is 0 Å². The third kappa shape index (κ3) is 1.30. The van der Waals surface area contributed by atoms with Gasteiger partial charge in [-0.2, -0.15) is 0 Å². The van der Waals surface area contributed by atoms with E-state index in [1.54, 1.807) is 0 Å². The first-order chi connectivity index (χ1) is 3.93. The molecule has 0 atom stereocenters. The number of hydrogen-bond acceptors (Lipinski definition) is 2. The Kier molecular flexibility index (Phi) is 2.03. The van der Waals surface area contributed by atoms with Crippen LogP contribution in [-0.4, -0.2) is 18.9 Å². The summed E-state index contributed by atoms with van der Waals surface area (Å²) in [6.07, 6.45) is 2.40. The van der Waals surface area contributed by atoms with Crippen molar-refractivity contribution in [2.24, 2.45) is 4.99 Å². The fourth-order valence-corrected chi connectivity index (χ4v) is 0.880. The van der Waals surface area contributed by atoms with Crippen LogP contribution in [0.4, 0.5) is 0 Å². The molecule has 1 aliphatic heterocycles.